The van der Waals surface area contributed by atoms with Crippen LogP contribution < -0.4 is 11.5 Å². The zero-order valence-electron chi connectivity index (χ0n) is 3.15. The standard InChI is InChI=1S/CH5N3.H2N2/c2-1(3)4;1-2/h(H5,2,3,4);1-2H. The van der Waals surface area contributed by atoms with E-state index in [9.17, 15) is 0 Å². The van der Waals surface area contributed by atoms with Gasteiger partial charge in [0.15, 0.2) is 5.96 Å². The van der Waals surface area contributed by atoms with E-state index in [-0.39, 0.29) is 5.96 Å². The van der Waals surface area contributed by atoms with Gasteiger partial charge in [-0.3, -0.25) is 5.41 Å². The molecule has 0 atom stereocenters. The topological polar surface area (TPSA) is 124 Å². The van der Waals surface area contributed by atoms with Crippen molar-refractivity contribution in [2.75, 3.05) is 0 Å². The van der Waals surface area contributed by atoms with E-state index in [1.165, 1.54) is 0 Å². The van der Waals surface area contributed by atoms with Crippen LogP contribution in [0.4, 0.5) is 0 Å². The monoisotopic (exact) mass is 89.1 g/mol. The molecule has 0 aliphatic rings. The molecule has 0 aromatic heterocycles. The third kappa shape index (κ3) is 7.86. The second-order valence-electron chi connectivity index (χ2n) is 0.455. The Labute approximate surface area is 35.1 Å². The fourth-order valence-electron chi connectivity index (χ4n) is 0. The van der Waals surface area contributed by atoms with E-state index < -0.39 is 0 Å². The Morgan fingerprint density at radius 3 is 1.17 bits per heavy atom. The first kappa shape index (κ1) is 8.85. The van der Waals surface area contributed by atoms with Crippen molar-refractivity contribution in [3.05, 3.63) is 0 Å². The predicted molar refractivity (Wildman–Crippen MR) is 21.5 cm³/mol. The summed E-state index contributed by atoms with van der Waals surface area (Å²) in [5.74, 6) is -0.333. The zero-order chi connectivity index (χ0) is 5.58. The maximum atomic E-state index is 6.06. The molecule has 0 fully saturated rings. The molecule has 5 heteroatoms. The van der Waals surface area contributed by atoms with E-state index in [1.807, 2.05) is 0 Å². The summed E-state index contributed by atoms with van der Waals surface area (Å²) >= 11 is 0. The third-order valence-electron chi connectivity index (χ3n) is 0. The van der Waals surface area contributed by atoms with Gasteiger partial charge < -0.3 is 11.5 Å². The number of nitrogens with two attached hydrogens (primary N) is 2. The van der Waals surface area contributed by atoms with Crippen LogP contribution in [-0.2, 0) is 0 Å². The summed E-state index contributed by atoms with van der Waals surface area (Å²) in [5.41, 5.74) is 18.9. The van der Waals surface area contributed by atoms with Crippen molar-refractivity contribution in [3.8, 4) is 0 Å². The summed E-state index contributed by atoms with van der Waals surface area (Å²) < 4.78 is 0. The number of guanidine groups is 1. The summed E-state index contributed by atoms with van der Waals surface area (Å²) in [6.07, 6.45) is 0. The minimum atomic E-state index is -0.333. The molecule has 0 unspecified atom stereocenters. The van der Waals surface area contributed by atoms with E-state index in [0.29, 0.717) is 0 Å². The molecule has 0 rings (SSSR count). The highest BCUT2D eigenvalue weighted by atomic mass is 14.9. The summed E-state index contributed by atoms with van der Waals surface area (Å²) in [4.78, 5) is 0. The minimum absolute atomic E-state index is 0.333. The molecule has 5 nitrogen and oxygen atoms in total. The van der Waals surface area contributed by atoms with Crippen molar-refractivity contribution < 1.29 is 0 Å². The highest BCUT2D eigenvalue weighted by Gasteiger charge is 1.52. The molecule has 0 aliphatic heterocycles. The minimum Gasteiger partial charge on any atom is -0.370 e. The average molecular weight is 89.1 g/mol. The summed E-state index contributed by atoms with van der Waals surface area (Å²) in [5, 5.41) is 6.06. The number of hydrogen-bond acceptors (Lipinski definition) is 3. The molecule has 6 heavy (non-hydrogen) atoms. The van der Waals surface area contributed by atoms with Crippen LogP contribution in [0, 0.1) is 16.5 Å². The van der Waals surface area contributed by atoms with Gasteiger partial charge in [-0.05, 0) is 0 Å². The quantitative estimate of drug-likeness (QED) is 0.155. The van der Waals surface area contributed by atoms with Crippen molar-refractivity contribution in [3.63, 3.8) is 0 Å². The van der Waals surface area contributed by atoms with Gasteiger partial charge in [0.25, 0.3) is 0 Å². The summed E-state index contributed by atoms with van der Waals surface area (Å²) in [7, 11) is 0. The number of hydrogen-bond donors (Lipinski definition) is 5. The molecule has 0 aromatic rings. The SMILES string of the molecule is N=C(N)N.N=N. The predicted octanol–water partition coefficient (Wildman–Crippen LogP) is -0.565. The van der Waals surface area contributed by atoms with Crippen LogP contribution in [0.5, 0.6) is 0 Å². The fraction of sp³-hybridized carbons (Fsp3) is 0. The molecule has 0 saturated carbocycles. The Kier molecular flexibility index (Phi) is 13.5. The molecule has 0 amide bonds. The first-order valence-electron chi connectivity index (χ1n) is 1.08. The highest BCUT2D eigenvalue weighted by molar-refractivity contribution is 5.71. The van der Waals surface area contributed by atoms with Crippen LogP contribution in [-0.4, -0.2) is 5.96 Å². The fourth-order valence-corrected chi connectivity index (χ4v) is 0. The second kappa shape index (κ2) is 9.12. The van der Waals surface area contributed by atoms with Crippen LogP contribution in [0.1, 0.15) is 0 Å². The van der Waals surface area contributed by atoms with E-state index in [2.05, 4.69) is 11.5 Å². The van der Waals surface area contributed by atoms with Gasteiger partial charge >= 0.3 is 0 Å². The Morgan fingerprint density at radius 2 is 1.17 bits per heavy atom. The van der Waals surface area contributed by atoms with Gasteiger partial charge in [0.1, 0.15) is 0 Å². The zero-order valence-corrected chi connectivity index (χ0v) is 3.15. The Bertz CT molecular complexity index is 35.2. The van der Waals surface area contributed by atoms with E-state index >= 15 is 0 Å². The molecule has 0 aromatic carbocycles. The van der Waals surface area contributed by atoms with Crippen LogP contribution in [0.25, 0.3) is 0 Å². The van der Waals surface area contributed by atoms with Crippen molar-refractivity contribution in [2.45, 2.75) is 0 Å². The third-order valence-corrected chi connectivity index (χ3v) is 0. The van der Waals surface area contributed by atoms with Gasteiger partial charge in [-0.15, -0.1) is 0 Å². The van der Waals surface area contributed by atoms with Gasteiger partial charge in [-0.25, -0.2) is 11.1 Å². The number of nitrogens with one attached hydrogen (secondary N) is 3. The lowest BCUT2D eigenvalue weighted by atomic mass is 11.1. The Morgan fingerprint density at radius 1 is 1.17 bits per heavy atom. The summed E-state index contributed by atoms with van der Waals surface area (Å²) in [6.45, 7) is 0. The van der Waals surface area contributed by atoms with Crippen molar-refractivity contribution in [1.82, 2.24) is 0 Å². The maximum Gasteiger partial charge on any atom is 0.183 e. The van der Waals surface area contributed by atoms with Crippen molar-refractivity contribution in [2.24, 2.45) is 11.5 Å². The first-order chi connectivity index (χ1) is 2.73. The maximum absolute atomic E-state index is 6.06. The first-order valence-corrected chi connectivity index (χ1v) is 1.08. The Hall–Kier alpha value is -1.13. The average Bonchev–Trinajstić information content (AvgIpc) is 1.41. The van der Waals surface area contributed by atoms with Gasteiger partial charge in [-0.1, -0.05) is 0 Å². The lowest BCUT2D eigenvalue weighted by molar-refractivity contribution is 1.05. The van der Waals surface area contributed by atoms with Crippen LogP contribution in [0.2, 0.25) is 0 Å². The van der Waals surface area contributed by atoms with Crippen LogP contribution in [0.3, 0.4) is 0 Å². The molecular weight excluding hydrogens is 82.0 g/mol. The molecule has 0 aliphatic carbocycles. The van der Waals surface area contributed by atoms with Crippen LogP contribution >= 0.6 is 0 Å². The van der Waals surface area contributed by atoms with Crippen molar-refractivity contribution >= 4 is 5.96 Å². The molecule has 0 radical (unpaired) electrons. The van der Waals surface area contributed by atoms with Gasteiger partial charge in [0.05, 0.1) is 0 Å². The molecule has 7 N–H and O–H groups in total. The lowest BCUT2D eigenvalue weighted by Crippen LogP contribution is -2.20. The normalized spacial score (nSPS) is 4.67. The van der Waals surface area contributed by atoms with E-state index in [0.717, 1.165) is 0 Å². The molecule has 0 spiro atoms. The molecular formula is CH7N5. The van der Waals surface area contributed by atoms with Crippen LogP contribution in [0.15, 0.2) is 0 Å². The lowest BCUT2D eigenvalue weighted by Gasteiger charge is -1.69. The van der Waals surface area contributed by atoms with E-state index in [4.69, 9.17) is 16.5 Å². The van der Waals surface area contributed by atoms with E-state index in [1.54, 1.807) is 0 Å². The van der Waals surface area contributed by atoms with Crippen molar-refractivity contribution in [1.29, 1.82) is 16.5 Å². The van der Waals surface area contributed by atoms with Gasteiger partial charge in [0.2, 0.25) is 0 Å². The molecule has 0 saturated heterocycles. The molecule has 0 bridgehead atoms. The van der Waals surface area contributed by atoms with Gasteiger partial charge in [-0.2, -0.15) is 0 Å². The molecule has 36 valence electrons. The highest BCUT2D eigenvalue weighted by Crippen LogP contribution is 1.13. The summed E-state index contributed by atoms with van der Waals surface area (Å²) in [6, 6.07) is 0. The number of rotatable bonds is 0. The van der Waals surface area contributed by atoms with Gasteiger partial charge in [0, 0.05) is 0 Å². The molecule has 0 heterocycles. The Balaban J connectivity index is 0. The largest absolute Gasteiger partial charge is 0.370 e. The second-order valence-corrected chi connectivity index (χ2v) is 0.455. The smallest absolute Gasteiger partial charge is 0.183 e.